The molecule has 0 aromatic rings. The summed E-state index contributed by atoms with van der Waals surface area (Å²) in [6.07, 6.45) is 1.77. The third kappa shape index (κ3) is 5.06. The smallest absolute Gasteiger partial charge is 0.244 e. The van der Waals surface area contributed by atoms with Gasteiger partial charge >= 0.3 is 0 Å². The van der Waals surface area contributed by atoms with Crippen LogP contribution in [0.5, 0.6) is 0 Å². The largest absolute Gasteiger partial charge is 0.383 e. The Balaban J connectivity index is 0.00000441. The summed E-state index contributed by atoms with van der Waals surface area (Å²) in [6, 6.07) is 0. The van der Waals surface area contributed by atoms with Gasteiger partial charge in [0.2, 0.25) is 5.91 Å². The number of sulfone groups is 1. The molecule has 1 amide bonds. The number of hydrogen-bond acceptors (Lipinski definition) is 6. The van der Waals surface area contributed by atoms with Crippen LogP contribution in [-0.2, 0) is 24.1 Å². The Morgan fingerprint density at radius 1 is 1.14 bits per heavy atom. The van der Waals surface area contributed by atoms with Crippen LogP contribution in [0.4, 0.5) is 0 Å². The zero-order valence-electron chi connectivity index (χ0n) is 13.5. The molecule has 1 fully saturated rings. The third-order valence-electron chi connectivity index (χ3n) is 3.93. The van der Waals surface area contributed by atoms with Crippen LogP contribution in [0, 0.1) is 0 Å². The van der Waals surface area contributed by atoms with Crippen LogP contribution in [0.3, 0.4) is 0 Å². The average Bonchev–Trinajstić information content (AvgIpc) is 2.46. The van der Waals surface area contributed by atoms with Crippen molar-refractivity contribution in [2.75, 3.05) is 59.9 Å². The molecule has 1 aliphatic heterocycles. The maximum Gasteiger partial charge on any atom is 0.244 e. The van der Waals surface area contributed by atoms with Gasteiger partial charge in [0, 0.05) is 33.6 Å². The topological polar surface area (TPSA) is 84.9 Å². The first-order valence-corrected chi connectivity index (χ1v) is 8.96. The van der Waals surface area contributed by atoms with Gasteiger partial charge in [-0.3, -0.25) is 4.79 Å². The van der Waals surface area contributed by atoms with E-state index in [9.17, 15) is 13.2 Å². The van der Waals surface area contributed by atoms with Crippen LogP contribution in [0.15, 0.2) is 0 Å². The molecule has 1 rings (SSSR count). The van der Waals surface area contributed by atoms with Crippen molar-refractivity contribution >= 4 is 28.2 Å². The highest BCUT2D eigenvalue weighted by molar-refractivity contribution is 7.92. The van der Waals surface area contributed by atoms with Crippen molar-refractivity contribution in [2.45, 2.75) is 17.6 Å². The van der Waals surface area contributed by atoms with Gasteiger partial charge in [0.1, 0.15) is 0 Å². The van der Waals surface area contributed by atoms with Crippen LogP contribution in [-0.4, -0.2) is 83.8 Å². The second kappa shape index (κ2) is 9.67. The zero-order valence-corrected chi connectivity index (χ0v) is 15.1. The van der Waals surface area contributed by atoms with Crippen LogP contribution in [0.2, 0.25) is 0 Å². The Labute approximate surface area is 139 Å². The molecule has 9 heteroatoms. The quantitative estimate of drug-likeness (QED) is 0.641. The molecule has 0 aliphatic carbocycles. The van der Waals surface area contributed by atoms with Crippen molar-refractivity contribution in [1.82, 2.24) is 10.2 Å². The fraction of sp³-hybridized carbons (Fsp3) is 0.923. The molecule has 0 saturated carbocycles. The lowest BCUT2D eigenvalue weighted by molar-refractivity contribution is -0.136. The van der Waals surface area contributed by atoms with Gasteiger partial charge < -0.3 is 19.7 Å². The molecule has 1 N–H and O–H groups in total. The molecule has 0 spiro atoms. The van der Waals surface area contributed by atoms with Crippen LogP contribution in [0.25, 0.3) is 0 Å². The molecule has 1 heterocycles. The first kappa shape index (κ1) is 21.6. The van der Waals surface area contributed by atoms with Crippen LogP contribution < -0.4 is 5.32 Å². The van der Waals surface area contributed by atoms with Gasteiger partial charge in [-0.2, -0.15) is 0 Å². The number of rotatable bonds is 8. The second-order valence-corrected chi connectivity index (χ2v) is 7.62. The summed E-state index contributed by atoms with van der Waals surface area (Å²) in [5.41, 5.74) is 0. The maximum atomic E-state index is 12.9. The number of halogens is 1. The number of carbonyl (C=O) groups is 1. The van der Waals surface area contributed by atoms with E-state index in [4.69, 9.17) is 9.47 Å². The maximum absolute atomic E-state index is 12.9. The summed E-state index contributed by atoms with van der Waals surface area (Å²) in [5, 5.41) is 3.11. The van der Waals surface area contributed by atoms with E-state index in [0.29, 0.717) is 52.2 Å². The lowest BCUT2D eigenvalue weighted by Gasteiger charge is -2.38. The van der Waals surface area contributed by atoms with Crippen molar-refractivity contribution in [3.8, 4) is 0 Å². The number of nitrogens with one attached hydrogen (secondary N) is 1. The predicted molar refractivity (Wildman–Crippen MR) is 87.3 cm³/mol. The minimum Gasteiger partial charge on any atom is -0.383 e. The number of ether oxygens (including phenoxy) is 2. The van der Waals surface area contributed by atoms with Gasteiger partial charge in [-0.15, -0.1) is 12.4 Å². The summed E-state index contributed by atoms with van der Waals surface area (Å²) in [7, 11) is -0.392. The van der Waals surface area contributed by atoms with E-state index in [2.05, 4.69) is 5.32 Å². The molecule has 1 saturated heterocycles. The van der Waals surface area contributed by atoms with Crippen molar-refractivity contribution < 1.29 is 22.7 Å². The number of hydrogen-bond donors (Lipinski definition) is 1. The van der Waals surface area contributed by atoms with Crippen LogP contribution in [0.1, 0.15) is 12.8 Å². The van der Waals surface area contributed by atoms with E-state index < -0.39 is 14.6 Å². The molecule has 0 atom stereocenters. The lowest BCUT2D eigenvalue weighted by Crippen LogP contribution is -2.59. The monoisotopic (exact) mass is 358 g/mol. The summed E-state index contributed by atoms with van der Waals surface area (Å²) >= 11 is 0. The molecule has 0 bridgehead atoms. The molecule has 0 unspecified atom stereocenters. The van der Waals surface area contributed by atoms with Crippen LogP contribution >= 0.6 is 12.4 Å². The van der Waals surface area contributed by atoms with Gasteiger partial charge in [0.15, 0.2) is 14.6 Å². The van der Waals surface area contributed by atoms with Crippen molar-refractivity contribution in [1.29, 1.82) is 0 Å². The molecule has 0 radical (unpaired) electrons. The van der Waals surface area contributed by atoms with E-state index in [1.807, 2.05) is 0 Å². The fourth-order valence-electron chi connectivity index (χ4n) is 2.58. The van der Waals surface area contributed by atoms with E-state index >= 15 is 0 Å². The lowest BCUT2D eigenvalue weighted by atomic mass is 9.95. The van der Waals surface area contributed by atoms with Gasteiger partial charge in [-0.25, -0.2) is 8.42 Å². The Bertz CT molecular complexity index is 430. The Morgan fingerprint density at radius 3 is 1.95 bits per heavy atom. The third-order valence-corrected chi connectivity index (χ3v) is 5.93. The summed E-state index contributed by atoms with van der Waals surface area (Å²) < 4.78 is 33.2. The van der Waals surface area contributed by atoms with Gasteiger partial charge in [0.05, 0.1) is 13.2 Å². The first-order valence-electron chi connectivity index (χ1n) is 7.06. The van der Waals surface area contributed by atoms with Gasteiger partial charge in [-0.05, 0) is 25.9 Å². The number of piperidine rings is 1. The minimum absolute atomic E-state index is 0. The molecular formula is C13H27ClN2O5S. The van der Waals surface area contributed by atoms with Crippen molar-refractivity contribution in [3.05, 3.63) is 0 Å². The molecule has 0 aromatic carbocycles. The molecule has 22 heavy (non-hydrogen) atoms. The van der Waals surface area contributed by atoms with Gasteiger partial charge in [-0.1, -0.05) is 0 Å². The Kier molecular flexibility index (Phi) is 9.49. The van der Waals surface area contributed by atoms with Crippen molar-refractivity contribution in [2.24, 2.45) is 0 Å². The Morgan fingerprint density at radius 2 is 1.59 bits per heavy atom. The van der Waals surface area contributed by atoms with Gasteiger partial charge in [0.25, 0.3) is 0 Å². The molecule has 0 aromatic heterocycles. The number of nitrogens with zero attached hydrogens (tertiary/aromatic N) is 1. The molecule has 7 nitrogen and oxygen atoms in total. The average molecular weight is 359 g/mol. The number of amides is 1. The second-order valence-electron chi connectivity index (χ2n) is 5.29. The standard InChI is InChI=1S/C13H26N2O5S.ClH/c1-19-10-8-15(9-11-20-2)12(16)13(21(3,17)18)4-6-14-7-5-13;/h14H,4-11H2,1-3H3;1H. The highest BCUT2D eigenvalue weighted by Crippen LogP contribution is 2.30. The Hall–Kier alpha value is -0.410. The van der Waals surface area contributed by atoms with E-state index in [1.54, 1.807) is 19.1 Å². The summed E-state index contributed by atoms with van der Waals surface area (Å²) in [4.78, 5) is 14.4. The zero-order chi connectivity index (χ0) is 15.9. The minimum atomic E-state index is -3.49. The fourth-order valence-corrected chi connectivity index (χ4v) is 3.97. The number of carbonyl (C=O) groups excluding carboxylic acids is 1. The molecule has 132 valence electrons. The molecular weight excluding hydrogens is 332 g/mol. The summed E-state index contributed by atoms with van der Waals surface area (Å²) in [6.45, 7) is 2.52. The number of methoxy groups -OCH3 is 2. The normalized spacial score (nSPS) is 17.6. The predicted octanol–water partition coefficient (Wildman–Crippen LogP) is -0.304. The van der Waals surface area contributed by atoms with E-state index in [1.165, 1.54) is 0 Å². The highest BCUT2D eigenvalue weighted by atomic mass is 35.5. The first-order chi connectivity index (χ1) is 9.89. The molecule has 1 aliphatic rings. The summed E-state index contributed by atoms with van der Waals surface area (Å²) in [5.74, 6) is -0.333. The van der Waals surface area contributed by atoms with E-state index in [-0.39, 0.29) is 18.3 Å². The SMILES string of the molecule is COCCN(CCOC)C(=O)C1(S(C)(=O)=O)CCNCC1.Cl. The van der Waals surface area contributed by atoms with Crippen molar-refractivity contribution in [3.63, 3.8) is 0 Å². The highest BCUT2D eigenvalue weighted by Gasteiger charge is 2.50. The van der Waals surface area contributed by atoms with E-state index in [0.717, 1.165) is 6.26 Å².